The van der Waals surface area contributed by atoms with Crippen LogP contribution in [-0.4, -0.2) is 0 Å². The molecule has 0 heterocycles. The Morgan fingerprint density at radius 2 is 1.67 bits per heavy atom. The second-order valence-corrected chi connectivity index (χ2v) is 5.55. The fraction of sp³-hybridized carbons (Fsp3) is 0.125. The van der Waals surface area contributed by atoms with E-state index in [4.69, 9.17) is 0 Å². The topological polar surface area (TPSA) is 0 Å². The minimum Gasteiger partial charge on any atom is -0.206 e. The lowest BCUT2D eigenvalue weighted by atomic mass is 10.0. The molecule has 0 aliphatic rings. The van der Waals surface area contributed by atoms with E-state index in [0.29, 0.717) is 5.56 Å². The third kappa shape index (κ3) is 2.99. The molecule has 0 fully saturated rings. The van der Waals surface area contributed by atoms with Gasteiger partial charge in [-0.15, -0.1) is 0 Å². The minimum absolute atomic E-state index is 0.182. The molecule has 0 spiro atoms. The third-order valence-corrected chi connectivity index (χ3v) is 3.60. The van der Waals surface area contributed by atoms with Gasteiger partial charge in [0.25, 0.3) is 0 Å². The summed E-state index contributed by atoms with van der Waals surface area (Å²) in [6, 6.07) is 11.3. The first kappa shape index (κ1) is 13.3. The maximum absolute atomic E-state index is 13.6. The van der Waals surface area contributed by atoms with E-state index in [0.717, 1.165) is 9.13 Å². The van der Waals surface area contributed by atoms with Gasteiger partial charge in [0.15, 0.2) is 0 Å². The average Bonchev–Trinajstić information content (AvgIpc) is 2.33. The van der Waals surface area contributed by atoms with Crippen LogP contribution in [0.2, 0.25) is 0 Å². The fourth-order valence-electron chi connectivity index (χ4n) is 1.91. The first-order chi connectivity index (χ1) is 8.58. The Hall–Kier alpha value is -1.16. The van der Waals surface area contributed by atoms with Crippen LogP contribution in [0.3, 0.4) is 0 Å². The lowest BCUT2D eigenvalue weighted by Crippen LogP contribution is -1.86. The first-order valence-electron chi connectivity index (χ1n) is 5.77. The largest absolute Gasteiger partial charge is 0.206 e. The Morgan fingerprint density at radius 3 is 2.33 bits per heavy atom. The molecule has 2 heteroatoms. The van der Waals surface area contributed by atoms with E-state index in [1.54, 1.807) is 6.07 Å². The summed E-state index contributed by atoms with van der Waals surface area (Å²) in [4.78, 5) is 0. The standard InChI is InChI=1S/C16H14FI/c1-11-4-3-5-12(2)15(11)8-6-13-10-14(18)7-9-16(13)17/h3-10H,1-2H3/b8-6+. The molecule has 0 atom stereocenters. The van der Waals surface area contributed by atoms with E-state index >= 15 is 0 Å². The van der Waals surface area contributed by atoms with Crippen molar-refractivity contribution in [3.05, 3.63) is 68.0 Å². The van der Waals surface area contributed by atoms with E-state index in [2.05, 4.69) is 48.6 Å². The summed E-state index contributed by atoms with van der Waals surface area (Å²) in [5.41, 5.74) is 4.20. The van der Waals surface area contributed by atoms with Gasteiger partial charge in [-0.25, -0.2) is 4.39 Å². The molecule has 0 aliphatic heterocycles. The molecule has 0 bridgehead atoms. The number of rotatable bonds is 2. The van der Waals surface area contributed by atoms with Crippen LogP contribution in [0, 0.1) is 23.2 Å². The van der Waals surface area contributed by atoms with Crippen LogP contribution in [0.15, 0.2) is 36.4 Å². The van der Waals surface area contributed by atoms with Crippen molar-refractivity contribution in [2.45, 2.75) is 13.8 Å². The third-order valence-electron chi connectivity index (χ3n) is 2.93. The number of halogens is 2. The van der Waals surface area contributed by atoms with E-state index in [1.807, 2.05) is 24.3 Å². The Morgan fingerprint density at radius 1 is 1.00 bits per heavy atom. The predicted molar refractivity (Wildman–Crippen MR) is 84.0 cm³/mol. The SMILES string of the molecule is Cc1cccc(C)c1/C=C/c1cc(I)ccc1F. The zero-order chi connectivity index (χ0) is 13.1. The number of aryl methyl sites for hydroxylation is 2. The quantitative estimate of drug-likeness (QED) is 0.514. The molecule has 0 aliphatic carbocycles. The van der Waals surface area contributed by atoms with Gasteiger partial charge >= 0.3 is 0 Å². The van der Waals surface area contributed by atoms with Crippen molar-refractivity contribution >= 4 is 34.7 Å². The van der Waals surface area contributed by atoms with Crippen molar-refractivity contribution in [3.63, 3.8) is 0 Å². The summed E-state index contributed by atoms with van der Waals surface area (Å²) in [6.07, 6.45) is 3.83. The molecule has 0 amide bonds. The van der Waals surface area contributed by atoms with E-state index in [-0.39, 0.29) is 5.82 Å². The second kappa shape index (κ2) is 5.65. The second-order valence-electron chi connectivity index (χ2n) is 4.30. The van der Waals surface area contributed by atoms with Crippen LogP contribution in [0.5, 0.6) is 0 Å². The highest BCUT2D eigenvalue weighted by Gasteiger charge is 2.01. The maximum Gasteiger partial charge on any atom is 0.130 e. The normalized spacial score (nSPS) is 11.1. The minimum atomic E-state index is -0.182. The number of hydrogen-bond acceptors (Lipinski definition) is 0. The first-order valence-corrected chi connectivity index (χ1v) is 6.85. The van der Waals surface area contributed by atoms with E-state index < -0.39 is 0 Å². The Bertz CT molecular complexity index is 580. The van der Waals surface area contributed by atoms with Crippen molar-refractivity contribution in [1.82, 2.24) is 0 Å². The average molecular weight is 352 g/mol. The Balaban J connectivity index is 2.39. The Labute approximate surface area is 121 Å². The zero-order valence-corrected chi connectivity index (χ0v) is 12.5. The van der Waals surface area contributed by atoms with Crippen molar-refractivity contribution in [1.29, 1.82) is 0 Å². The molecule has 0 nitrogen and oxygen atoms in total. The molecular weight excluding hydrogens is 338 g/mol. The van der Waals surface area contributed by atoms with Gasteiger partial charge in [-0.2, -0.15) is 0 Å². The number of benzene rings is 2. The van der Waals surface area contributed by atoms with Gasteiger partial charge in [-0.3, -0.25) is 0 Å². The monoisotopic (exact) mass is 352 g/mol. The summed E-state index contributed by atoms with van der Waals surface area (Å²) in [5.74, 6) is -0.182. The van der Waals surface area contributed by atoms with E-state index in [9.17, 15) is 4.39 Å². The zero-order valence-electron chi connectivity index (χ0n) is 10.4. The molecule has 92 valence electrons. The number of hydrogen-bond donors (Lipinski definition) is 0. The summed E-state index contributed by atoms with van der Waals surface area (Å²) in [7, 11) is 0. The van der Waals surface area contributed by atoms with Gasteiger partial charge in [-0.05, 0) is 71.3 Å². The summed E-state index contributed by atoms with van der Waals surface area (Å²) in [5, 5.41) is 0. The van der Waals surface area contributed by atoms with Crippen molar-refractivity contribution in [2.75, 3.05) is 0 Å². The van der Waals surface area contributed by atoms with Crippen molar-refractivity contribution in [3.8, 4) is 0 Å². The van der Waals surface area contributed by atoms with Crippen molar-refractivity contribution < 1.29 is 4.39 Å². The molecule has 2 rings (SSSR count). The molecule has 0 aromatic heterocycles. The van der Waals surface area contributed by atoms with Gasteiger partial charge in [0.2, 0.25) is 0 Å². The highest BCUT2D eigenvalue weighted by atomic mass is 127. The van der Waals surface area contributed by atoms with Crippen LogP contribution >= 0.6 is 22.6 Å². The molecule has 0 N–H and O–H groups in total. The van der Waals surface area contributed by atoms with Gasteiger partial charge in [0.1, 0.15) is 5.82 Å². The van der Waals surface area contributed by atoms with Gasteiger partial charge in [-0.1, -0.05) is 30.4 Å². The molecule has 0 radical (unpaired) electrons. The lowest BCUT2D eigenvalue weighted by Gasteiger charge is -2.04. The van der Waals surface area contributed by atoms with Crippen LogP contribution in [0.4, 0.5) is 4.39 Å². The van der Waals surface area contributed by atoms with Crippen LogP contribution in [-0.2, 0) is 0 Å². The van der Waals surface area contributed by atoms with E-state index in [1.165, 1.54) is 17.2 Å². The Kier molecular flexibility index (Phi) is 4.17. The summed E-state index contributed by atoms with van der Waals surface area (Å²) < 4.78 is 14.7. The molecule has 0 saturated heterocycles. The highest BCUT2D eigenvalue weighted by molar-refractivity contribution is 14.1. The predicted octanol–water partition coefficient (Wildman–Crippen LogP) is 5.22. The summed E-state index contributed by atoms with van der Waals surface area (Å²) in [6.45, 7) is 4.13. The molecule has 0 saturated carbocycles. The maximum atomic E-state index is 13.6. The van der Waals surface area contributed by atoms with Crippen LogP contribution in [0.1, 0.15) is 22.3 Å². The lowest BCUT2D eigenvalue weighted by molar-refractivity contribution is 0.625. The summed E-state index contributed by atoms with van der Waals surface area (Å²) >= 11 is 2.19. The van der Waals surface area contributed by atoms with Crippen molar-refractivity contribution in [2.24, 2.45) is 0 Å². The highest BCUT2D eigenvalue weighted by Crippen LogP contribution is 2.19. The van der Waals surface area contributed by atoms with Gasteiger partial charge in [0, 0.05) is 9.13 Å². The smallest absolute Gasteiger partial charge is 0.130 e. The van der Waals surface area contributed by atoms with Crippen LogP contribution < -0.4 is 0 Å². The molecule has 0 unspecified atom stereocenters. The molecule has 18 heavy (non-hydrogen) atoms. The van der Waals surface area contributed by atoms with Gasteiger partial charge < -0.3 is 0 Å². The molecule has 2 aromatic carbocycles. The fourth-order valence-corrected chi connectivity index (χ4v) is 2.42. The van der Waals surface area contributed by atoms with Crippen LogP contribution in [0.25, 0.3) is 12.2 Å². The van der Waals surface area contributed by atoms with Gasteiger partial charge in [0.05, 0.1) is 0 Å². The molecular formula is C16H14FI. The molecule has 2 aromatic rings.